The first-order valence-corrected chi connectivity index (χ1v) is 8.48. The second-order valence-corrected chi connectivity index (χ2v) is 5.82. The van der Waals surface area contributed by atoms with E-state index in [1.165, 1.54) is 6.08 Å². The van der Waals surface area contributed by atoms with Crippen molar-refractivity contribution in [3.8, 4) is 0 Å². The lowest BCUT2D eigenvalue weighted by Crippen LogP contribution is -2.10. The number of carbonyl (C=O) groups excluding carboxylic acids is 2. The van der Waals surface area contributed by atoms with Gasteiger partial charge in [0.05, 0.1) is 12.2 Å². The van der Waals surface area contributed by atoms with Crippen molar-refractivity contribution >= 4 is 35.2 Å². The molecule has 2 aromatic rings. The van der Waals surface area contributed by atoms with Crippen molar-refractivity contribution in [3.63, 3.8) is 0 Å². The molecule has 25 heavy (non-hydrogen) atoms. The predicted molar refractivity (Wildman–Crippen MR) is 101 cm³/mol. The van der Waals surface area contributed by atoms with E-state index >= 15 is 0 Å². The van der Waals surface area contributed by atoms with Crippen LogP contribution in [0.1, 0.15) is 35.7 Å². The smallest absolute Gasteiger partial charge is 0.338 e. The molecule has 4 nitrogen and oxygen atoms in total. The maximum atomic E-state index is 12.0. The highest BCUT2D eigenvalue weighted by Gasteiger charge is 2.08. The molecule has 1 amide bonds. The fourth-order valence-electron chi connectivity index (χ4n) is 2.08. The van der Waals surface area contributed by atoms with E-state index in [2.05, 4.69) is 5.32 Å². The van der Waals surface area contributed by atoms with Gasteiger partial charge in [-0.05, 0) is 42.3 Å². The van der Waals surface area contributed by atoms with E-state index in [1.54, 1.807) is 36.4 Å². The van der Waals surface area contributed by atoms with Gasteiger partial charge in [-0.15, -0.1) is 0 Å². The van der Waals surface area contributed by atoms with Gasteiger partial charge in [-0.3, -0.25) is 4.79 Å². The first-order valence-electron chi connectivity index (χ1n) is 8.11. The predicted octanol–water partition coefficient (Wildman–Crippen LogP) is 4.95. The van der Waals surface area contributed by atoms with Crippen LogP contribution in [0.4, 0.5) is 5.69 Å². The second-order valence-electron chi connectivity index (χ2n) is 5.41. The van der Waals surface area contributed by atoms with E-state index < -0.39 is 5.97 Å². The second kappa shape index (κ2) is 9.64. The number of ether oxygens (including phenoxy) is 1. The first kappa shape index (κ1) is 18.7. The summed E-state index contributed by atoms with van der Waals surface area (Å²) >= 11 is 6.04. The average Bonchev–Trinajstić information content (AvgIpc) is 2.61. The van der Waals surface area contributed by atoms with Crippen LogP contribution >= 0.6 is 11.6 Å². The molecule has 0 radical (unpaired) electrons. The van der Waals surface area contributed by atoms with Crippen LogP contribution < -0.4 is 5.32 Å². The Morgan fingerprint density at radius 3 is 2.72 bits per heavy atom. The third-order valence-electron chi connectivity index (χ3n) is 3.42. The first-order chi connectivity index (χ1) is 12.1. The minimum Gasteiger partial charge on any atom is -0.462 e. The van der Waals surface area contributed by atoms with Gasteiger partial charge in [0, 0.05) is 16.8 Å². The highest BCUT2D eigenvalue weighted by Crippen LogP contribution is 2.17. The summed E-state index contributed by atoms with van der Waals surface area (Å²) in [6.07, 6.45) is 4.82. The Balaban J connectivity index is 1.98. The van der Waals surface area contributed by atoms with E-state index in [1.807, 2.05) is 25.1 Å². The Bertz CT molecular complexity index is 771. The molecule has 0 heterocycles. The highest BCUT2D eigenvalue weighted by atomic mass is 35.5. The van der Waals surface area contributed by atoms with Crippen molar-refractivity contribution in [3.05, 3.63) is 70.8 Å². The van der Waals surface area contributed by atoms with Gasteiger partial charge in [0.15, 0.2) is 0 Å². The lowest BCUT2D eigenvalue weighted by atomic mass is 10.2. The van der Waals surface area contributed by atoms with Crippen LogP contribution in [-0.2, 0) is 9.53 Å². The van der Waals surface area contributed by atoms with E-state index in [0.29, 0.717) is 22.9 Å². The number of benzene rings is 2. The van der Waals surface area contributed by atoms with E-state index in [-0.39, 0.29) is 5.91 Å². The molecule has 5 heteroatoms. The van der Waals surface area contributed by atoms with Crippen molar-refractivity contribution < 1.29 is 14.3 Å². The number of anilines is 1. The standard InChI is InChI=1S/C20H20ClNO3/c1-2-3-13-25-20(24)16-8-6-9-17(14-16)22-19(23)12-11-15-7-4-5-10-18(15)21/h4-12,14H,2-3,13H2,1H3,(H,22,23)/b12-11+. The zero-order valence-electron chi connectivity index (χ0n) is 14.0. The summed E-state index contributed by atoms with van der Waals surface area (Å²) in [4.78, 5) is 24.0. The Morgan fingerprint density at radius 1 is 1.16 bits per heavy atom. The maximum Gasteiger partial charge on any atom is 0.338 e. The van der Waals surface area contributed by atoms with Gasteiger partial charge in [-0.1, -0.05) is 49.2 Å². The van der Waals surface area contributed by atoms with Crippen LogP contribution in [-0.4, -0.2) is 18.5 Å². The van der Waals surface area contributed by atoms with Crippen LogP contribution in [0.3, 0.4) is 0 Å². The van der Waals surface area contributed by atoms with Crippen LogP contribution in [0.15, 0.2) is 54.6 Å². The van der Waals surface area contributed by atoms with E-state index in [9.17, 15) is 9.59 Å². The quantitative estimate of drug-likeness (QED) is 0.433. The molecule has 0 bridgehead atoms. The normalized spacial score (nSPS) is 10.6. The SMILES string of the molecule is CCCCOC(=O)c1cccc(NC(=O)/C=C/c2ccccc2Cl)c1. The summed E-state index contributed by atoms with van der Waals surface area (Å²) in [5, 5.41) is 3.29. The monoisotopic (exact) mass is 357 g/mol. The Labute approximate surface area is 152 Å². The molecular formula is C20H20ClNO3. The maximum absolute atomic E-state index is 12.0. The largest absolute Gasteiger partial charge is 0.462 e. The van der Waals surface area contributed by atoms with Gasteiger partial charge in [0.1, 0.15) is 0 Å². The van der Waals surface area contributed by atoms with Crippen LogP contribution in [0.5, 0.6) is 0 Å². The van der Waals surface area contributed by atoms with Gasteiger partial charge in [0.25, 0.3) is 0 Å². The van der Waals surface area contributed by atoms with Crippen molar-refractivity contribution in [1.29, 1.82) is 0 Å². The summed E-state index contributed by atoms with van der Waals surface area (Å²) in [7, 11) is 0. The summed E-state index contributed by atoms with van der Waals surface area (Å²) < 4.78 is 5.17. The molecule has 0 unspecified atom stereocenters. The number of hydrogen-bond acceptors (Lipinski definition) is 3. The summed E-state index contributed by atoms with van der Waals surface area (Å²) in [5.74, 6) is -0.701. The summed E-state index contributed by atoms with van der Waals surface area (Å²) in [6.45, 7) is 2.42. The Morgan fingerprint density at radius 2 is 1.96 bits per heavy atom. The van der Waals surface area contributed by atoms with Gasteiger partial charge in [-0.2, -0.15) is 0 Å². The Kier molecular flexibility index (Phi) is 7.23. The van der Waals surface area contributed by atoms with E-state index in [0.717, 1.165) is 18.4 Å². The molecule has 0 aliphatic heterocycles. The van der Waals surface area contributed by atoms with Crippen LogP contribution in [0.25, 0.3) is 6.08 Å². The molecule has 0 atom stereocenters. The number of halogens is 1. The summed E-state index contributed by atoms with van der Waals surface area (Å²) in [6, 6.07) is 13.9. The number of esters is 1. The fraction of sp³-hybridized carbons (Fsp3) is 0.200. The van der Waals surface area contributed by atoms with Gasteiger partial charge in [0.2, 0.25) is 5.91 Å². The molecule has 130 valence electrons. The molecule has 1 N–H and O–H groups in total. The van der Waals surface area contributed by atoms with Crippen LogP contribution in [0, 0.1) is 0 Å². The molecule has 0 aliphatic rings. The van der Waals surface area contributed by atoms with E-state index in [4.69, 9.17) is 16.3 Å². The van der Waals surface area contributed by atoms with Gasteiger partial charge >= 0.3 is 5.97 Å². The molecule has 0 aromatic heterocycles. The number of carbonyl (C=O) groups is 2. The average molecular weight is 358 g/mol. The Hall–Kier alpha value is -2.59. The highest BCUT2D eigenvalue weighted by molar-refractivity contribution is 6.32. The van der Waals surface area contributed by atoms with Crippen LogP contribution in [0.2, 0.25) is 5.02 Å². The fourth-order valence-corrected chi connectivity index (χ4v) is 2.27. The molecule has 0 spiro atoms. The lowest BCUT2D eigenvalue weighted by Gasteiger charge is -2.06. The number of unbranched alkanes of at least 4 members (excludes halogenated alkanes) is 1. The van der Waals surface area contributed by atoms with Crippen molar-refractivity contribution in [2.24, 2.45) is 0 Å². The van der Waals surface area contributed by atoms with Gasteiger partial charge in [-0.25, -0.2) is 4.79 Å². The molecule has 2 aromatic carbocycles. The zero-order chi connectivity index (χ0) is 18.1. The molecule has 0 saturated heterocycles. The third-order valence-corrected chi connectivity index (χ3v) is 3.76. The third kappa shape index (κ3) is 6.08. The minimum atomic E-state index is -0.392. The molecular weight excluding hydrogens is 338 g/mol. The zero-order valence-corrected chi connectivity index (χ0v) is 14.8. The number of amides is 1. The molecule has 0 fully saturated rings. The van der Waals surface area contributed by atoms with Gasteiger partial charge < -0.3 is 10.1 Å². The van der Waals surface area contributed by atoms with Crippen molar-refractivity contribution in [2.45, 2.75) is 19.8 Å². The minimum absolute atomic E-state index is 0.309. The van der Waals surface area contributed by atoms with Crippen molar-refractivity contribution in [2.75, 3.05) is 11.9 Å². The topological polar surface area (TPSA) is 55.4 Å². The lowest BCUT2D eigenvalue weighted by molar-refractivity contribution is -0.111. The number of nitrogens with one attached hydrogen (secondary N) is 1. The summed E-state index contributed by atoms with van der Waals surface area (Å²) in [5.41, 5.74) is 1.69. The molecule has 0 saturated carbocycles. The van der Waals surface area contributed by atoms with Crippen molar-refractivity contribution in [1.82, 2.24) is 0 Å². The molecule has 2 rings (SSSR count). The molecule has 0 aliphatic carbocycles. The number of hydrogen-bond donors (Lipinski definition) is 1. The number of rotatable bonds is 7.